The second-order valence-electron chi connectivity index (χ2n) is 9.06. The van der Waals surface area contributed by atoms with Crippen LogP contribution >= 0.6 is 0 Å². The van der Waals surface area contributed by atoms with E-state index in [0.717, 1.165) is 12.8 Å². The molecule has 0 fully saturated rings. The van der Waals surface area contributed by atoms with Gasteiger partial charge in [0, 0.05) is 0 Å². The van der Waals surface area contributed by atoms with Crippen LogP contribution in [0.25, 0.3) is 0 Å². The summed E-state index contributed by atoms with van der Waals surface area (Å²) in [5, 5.41) is -0.961. The Morgan fingerprint density at radius 2 is 1.16 bits per heavy atom. The van der Waals surface area contributed by atoms with Gasteiger partial charge in [0.25, 0.3) is 10.1 Å². The lowest BCUT2D eigenvalue weighted by Crippen LogP contribution is -2.33. The van der Waals surface area contributed by atoms with Gasteiger partial charge in [0.15, 0.2) is 0 Å². The molecular weight excluding hydrogens is 408 g/mol. The Bertz CT molecular complexity index is 665. The maximum Gasteiger partial charge on any atom is 0.271 e. The molecule has 180 valence electrons. The number of hydrogen-bond acceptors (Lipinski definition) is 3. The Kier molecular flexibility index (Phi) is 14.1. The van der Waals surface area contributed by atoms with E-state index in [4.69, 9.17) is 4.74 Å². The first-order valence-electron chi connectivity index (χ1n) is 12.5. The van der Waals surface area contributed by atoms with Crippen LogP contribution in [0.15, 0.2) is 18.2 Å². The molecule has 5 heteroatoms. The number of hydrogen-bond donors (Lipinski definition) is 1. The molecule has 1 rings (SSSR count). The number of rotatable bonds is 18. The van der Waals surface area contributed by atoms with E-state index in [1.54, 1.807) is 6.92 Å². The molecule has 0 saturated heterocycles. The highest BCUT2D eigenvalue weighted by atomic mass is 32.2. The van der Waals surface area contributed by atoms with Crippen LogP contribution in [-0.4, -0.2) is 24.3 Å². The van der Waals surface area contributed by atoms with Crippen LogP contribution in [0, 0.1) is 0 Å². The van der Waals surface area contributed by atoms with Crippen molar-refractivity contribution in [1.82, 2.24) is 0 Å². The van der Waals surface area contributed by atoms with Crippen molar-refractivity contribution in [3.05, 3.63) is 29.3 Å². The fourth-order valence-electron chi connectivity index (χ4n) is 3.86. The van der Waals surface area contributed by atoms with Crippen molar-refractivity contribution in [3.8, 4) is 5.75 Å². The van der Waals surface area contributed by atoms with Gasteiger partial charge in [-0.15, -0.1) is 0 Å². The second-order valence-corrected chi connectivity index (χ2v) is 10.8. The summed E-state index contributed by atoms with van der Waals surface area (Å²) < 4.78 is 38.3. The second kappa shape index (κ2) is 15.7. The molecule has 0 saturated carbocycles. The molecule has 31 heavy (non-hydrogen) atoms. The van der Waals surface area contributed by atoms with E-state index in [-0.39, 0.29) is 0 Å². The van der Waals surface area contributed by atoms with E-state index in [1.807, 2.05) is 12.1 Å². The van der Waals surface area contributed by atoms with Gasteiger partial charge in [0.05, 0.1) is 0 Å². The van der Waals surface area contributed by atoms with Gasteiger partial charge >= 0.3 is 0 Å². The lowest BCUT2D eigenvalue weighted by Gasteiger charge is -2.20. The van der Waals surface area contributed by atoms with E-state index in [2.05, 4.69) is 19.9 Å². The monoisotopic (exact) mass is 454 g/mol. The van der Waals surface area contributed by atoms with Gasteiger partial charge in [-0.05, 0) is 62.8 Å². The lowest BCUT2D eigenvalue weighted by atomic mass is 9.99. The van der Waals surface area contributed by atoms with Crippen LogP contribution in [0.4, 0.5) is 0 Å². The molecular formula is C26H46O4S. The Labute approximate surface area is 191 Å². The highest BCUT2D eigenvalue weighted by Crippen LogP contribution is 2.24. The van der Waals surface area contributed by atoms with Crippen molar-refractivity contribution in [1.29, 1.82) is 0 Å². The summed E-state index contributed by atoms with van der Waals surface area (Å²) in [4.78, 5) is 0. The summed E-state index contributed by atoms with van der Waals surface area (Å²) in [6, 6.07) is 6.38. The molecule has 0 amide bonds. The molecule has 0 heterocycles. The molecule has 0 spiro atoms. The van der Waals surface area contributed by atoms with E-state index in [1.165, 1.54) is 95.1 Å². The van der Waals surface area contributed by atoms with E-state index < -0.39 is 21.5 Å². The molecule has 1 aromatic carbocycles. The van der Waals surface area contributed by atoms with Crippen molar-refractivity contribution in [2.75, 3.05) is 0 Å². The third kappa shape index (κ3) is 12.5. The molecule has 0 aliphatic rings. The highest BCUT2D eigenvalue weighted by Gasteiger charge is 2.26. The maximum atomic E-state index is 11.5. The zero-order chi connectivity index (χ0) is 23.1. The number of aryl methyl sites for hydroxylation is 2. The third-order valence-electron chi connectivity index (χ3n) is 6.12. The zero-order valence-electron chi connectivity index (χ0n) is 20.4. The number of benzene rings is 1. The number of unbranched alkanes of at least 4 members (excludes halogenated alkanes) is 10. The van der Waals surface area contributed by atoms with Gasteiger partial charge in [0.1, 0.15) is 17.1 Å². The minimum atomic E-state index is -4.12. The summed E-state index contributed by atoms with van der Waals surface area (Å²) >= 11 is 0. The van der Waals surface area contributed by atoms with E-state index in [0.29, 0.717) is 5.75 Å². The van der Waals surface area contributed by atoms with Crippen molar-refractivity contribution in [2.24, 2.45) is 0 Å². The minimum absolute atomic E-state index is 0.610. The van der Waals surface area contributed by atoms with Crippen molar-refractivity contribution in [3.63, 3.8) is 0 Å². The molecule has 2 atom stereocenters. The molecule has 1 aromatic rings. The molecule has 0 aliphatic carbocycles. The van der Waals surface area contributed by atoms with Gasteiger partial charge in [-0.2, -0.15) is 8.42 Å². The van der Waals surface area contributed by atoms with Gasteiger partial charge < -0.3 is 4.74 Å². The van der Waals surface area contributed by atoms with Gasteiger partial charge in [0.2, 0.25) is 0 Å². The zero-order valence-corrected chi connectivity index (χ0v) is 21.2. The summed E-state index contributed by atoms with van der Waals surface area (Å²) in [5.41, 5.74) is 2.53. The first-order chi connectivity index (χ1) is 14.8. The standard InChI is InChI=1S/C26H46O4S/c1-5-7-9-11-13-15-17-24-19-25(18-16-14-12-10-8-6-2)21-26(20-24)30-22(3)23(4)31(27,28)29/h19-23H,5-18H2,1-4H3,(H,27,28,29). The lowest BCUT2D eigenvalue weighted by molar-refractivity contribution is 0.214. The van der Waals surface area contributed by atoms with Gasteiger partial charge in [-0.25, -0.2) is 0 Å². The fraction of sp³-hybridized carbons (Fsp3) is 0.769. The average Bonchev–Trinajstić information content (AvgIpc) is 2.71. The topological polar surface area (TPSA) is 63.6 Å². The highest BCUT2D eigenvalue weighted by molar-refractivity contribution is 7.86. The van der Waals surface area contributed by atoms with E-state index >= 15 is 0 Å². The fourth-order valence-corrected chi connectivity index (χ4v) is 4.40. The molecule has 0 bridgehead atoms. The SMILES string of the molecule is CCCCCCCCc1cc(CCCCCCCC)cc(OC(C)C(C)S(=O)(=O)O)c1. The maximum absolute atomic E-state index is 11.5. The predicted octanol–water partition coefficient (Wildman–Crippen LogP) is 7.54. The van der Waals surface area contributed by atoms with Gasteiger partial charge in [-0.3, -0.25) is 4.55 Å². The van der Waals surface area contributed by atoms with Crippen LogP contribution < -0.4 is 4.74 Å². The average molecular weight is 455 g/mol. The first-order valence-corrected chi connectivity index (χ1v) is 14.0. The summed E-state index contributed by atoms with van der Waals surface area (Å²) in [6.45, 7) is 7.66. The van der Waals surface area contributed by atoms with E-state index in [9.17, 15) is 13.0 Å². The Morgan fingerprint density at radius 1 is 0.742 bits per heavy atom. The number of ether oxygens (including phenoxy) is 1. The summed E-state index contributed by atoms with van der Waals surface area (Å²) in [6.07, 6.45) is 16.6. The molecule has 0 aliphatic heterocycles. The minimum Gasteiger partial charge on any atom is -0.489 e. The first kappa shape index (κ1) is 28.0. The quantitative estimate of drug-likeness (QED) is 0.184. The molecule has 2 unspecified atom stereocenters. The summed E-state index contributed by atoms with van der Waals surface area (Å²) in [5.74, 6) is 0.715. The van der Waals surface area contributed by atoms with Crippen molar-refractivity contribution in [2.45, 2.75) is 129 Å². The van der Waals surface area contributed by atoms with Crippen LogP contribution in [0.1, 0.15) is 116 Å². The van der Waals surface area contributed by atoms with Crippen molar-refractivity contribution >= 4 is 10.1 Å². The van der Waals surface area contributed by atoms with Crippen LogP contribution in [0.3, 0.4) is 0 Å². The summed E-state index contributed by atoms with van der Waals surface area (Å²) in [7, 11) is -4.12. The molecule has 0 radical (unpaired) electrons. The van der Waals surface area contributed by atoms with Crippen LogP contribution in [0.2, 0.25) is 0 Å². The normalized spacial score (nSPS) is 13.8. The Hall–Kier alpha value is -1.07. The largest absolute Gasteiger partial charge is 0.489 e. The van der Waals surface area contributed by atoms with Crippen LogP contribution in [0.5, 0.6) is 5.75 Å². The Morgan fingerprint density at radius 3 is 1.58 bits per heavy atom. The van der Waals surface area contributed by atoms with Crippen molar-refractivity contribution < 1.29 is 17.7 Å². The third-order valence-corrected chi connectivity index (χ3v) is 7.44. The Balaban J connectivity index is 2.74. The van der Waals surface area contributed by atoms with Gasteiger partial charge in [-0.1, -0.05) is 84.1 Å². The molecule has 4 nitrogen and oxygen atoms in total. The smallest absolute Gasteiger partial charge is 0.271 e. The molecule has 1 N–H and O–H groups in total. The molecule has 0 aromatic heterocycles. The van der Waals surface area contributed by atoms with Crippen LogP contribution in [-0.2, 0) is 23.0 Å². The predicted molar refractivity (Wildman–Crippen MR) is 132 cm³/mol.